The molecule has 1 aliphatic carbocycles. The molecule has 1 aliphatic rings. The third-order valence-electron chi connectivity index (χ3n) is 4.57. The minimum atomic E-state index is -1.15. The summed E-state index contributed by atoms with van der Waals surface area (Å²) in [6, 6.07) is -0.842. The van der Waals surface area contributed by atoms with E-state index in [1.807, 2.05) is 6.92 Å². The number of carbonyl (C=O) groups is 4. The van der Waals surface area contributed by atoms with E-state index in [-0.39, 0.29) is 19.0 Å². The maximum absolute atomic E-state index is 12.1. The molecular formula is C17H29N3O7. The van der Waals surface area contributed by atoms with Gasteiger partial charge < -0.3 is 20.6 Å². The SMILES string of the molecule is CCCNC(=O)CN(CC(=O)O)C1CCCCC1N(CC(=O)O)CC(=O)O. The number of rotatable bonds is 12. The molecule has 1 rings (SSSR count). The summed E-state index contributed by atoms with van der Waals surface area (Å²) in [6.45, 7) is 1.00. The van der Waals surface area contributed by atoms with Gasteiger partial charge in [-0.1, -0.05) is 19.8 Å². The quantitative estimate of drug-likeness (QED) is 0.354. The van der Waals surface area contributed by atoms with Crippen molar-refractivity contribution in [2.24, 2.45) is 0 Å². The molecule has 1 amide bonds. The number of nitrogens with one attached hydrogen (secondary N) is 1. The zero-order valence-electron chi connectivity index (χ0n) is 15.6. The van der Waals surface area contributed by atoms with Crippen LogP contribution in [0.15, 0.2) is 0 Å². The first kappa shape index (κ1) is 22.8. The van der Waals surface area contributed by atoms with Crippen molar-refractivity contribution >= 4 is 23.8 Å². The summed E-state index contributed by atoms with van der Waals surface area (Å²) < 4.78 is 0. The van der Waals surface area contributed by atoms with E-state index >= 15 is 0 Å². The molecule has 0 heterocycles. The van der Waals surface area contributed by atoms with Gasteiger partial charge in [-0.3, -0.25) is 29.0 Å². The van der Waals surface area contributed by atoms with E-state index in [2.05, 4.69) is 5.32 Å². The van der Waals surface area contributed by atoms with Gasteiger partial charge >= 0.3 is 17.9 Å². The van der Waals surface area contributed by atoms with Crippen LogP contribution in [0.25, 0.3) is 0 Å². The first-order chi connectivity index (χ1) is 12.7. The van der Waals surface area contributed by atoms with Crippen molar-refractivity contribution in [3.8, 4) is 0 Å². The molecule has 10 nitrogen and oxygen atoms in total. The van der Waals surface area contributed by atoms with Gasteiger partial charge in [0.15, 0.2) is 0 Å². The number of carbonyl (C=O) groups excluding carboxylic acids is 1. The zero-order chi connectivity index (χ0) is 20.4. The fourth-order valence-corrected chi connectivity index (χ4v) is 3.55. The summed E-state index contributed by atoms with van der Waals surface area (Å²) in [6.07, 6.45) is 3.48. The Bertz CT molecular complexity index is 525. The summed E-state index contributed by atoms with van der Waals surface area (Å²) in [5.41, 5.74) is 0. The van der Waals surface area contributed by atoms with Gasteiger partial charge in [0.05, 0.1) is 26.2 Å². The number of hydrogen-bond donors (Lipinski definition) is 4. The molecular weight excluding hydrogens is 358 g/mol. The van der Waals surface area contributed by atoms with Gasteiger partial charge in [0.25, 0.3) is 0 Å². The van der Waals surface area contributed by atoms with Gasteiger partial charge in [0.1, 0.15) is 0 Å². The molecule has 0 saturated heterocycles. The highest BCUT2D eigenvalue weighted by atomic mass is 16.4. The van der Waals surface area contributed by atoms with E-state index in [0.29, 0.717) is 19.4 Å². The van der Waals surface area contributed by atoms with Crippen molar-refractivity contribution in [2.45, 2.75) is 51.1 Å². The molecule has 0 aromatic rings. The van der Waals surface area contributed by atoms with Crippen molar-refractivity contribution in [3.63, 3.8) is 0 Å². The van der Waals surface area contributed by atoms with Crippen LogP contribution < -0.4 is 5.32 Å². The van der Waals surface area contributed by atoms with E-state index < -0.39 is 43.1 Å². The minimum absolute atomic E-state index is 0.124. The van der Waals surface area contributed by atoms with Crippen molar-refractivity contribution in [1.82, 2.24) is 15.1 Å². The molecule has 0 bridgehead atoms. The number of hydrogen-bond acceptors (Lipinski definition) is 6. The first-order valence-electron chi connectivity index (χ1n) is 9.14. The van der Waals surface area contributed by atoms with Crippen molar-refractivity contribution in [1.29, 1.82) is 0 Å². The standard InChI is InChI=1S/C17H29N3O7/c1-2-7-18-14(21)8-19(9-15(22)23)12-5-3-4-6-13(12)20(10-16(24)25)11-17(26)27/h12-13H,2-11H2,1H3,(H,18,21)(H,22,23)(H,24,25)(H,26,27). The molecule has 2 unspecified atom stereocenters. The molecule has 0 aliphatic heterocycles. The molecule has 1 saturated carbocycles. The molecule has 0 spiro atoms. The third kappa shape index (κ3) is 8.35. The predicted molar refractivity (Wildman–Crippen MR) is 95.4 cm³/mol. The fraction of sp³-hybridized carbons (Fsp3) is 0.765. The van der Waals surface area contributed by atoms with Crippen LogP contribution in [0.2, 0.25) is 0 Å². The summed E-state index contributed by atoms with van der Waals surface area (Å²) >= 11 is 0. The van der Waals surface area contributed by atoms with Crippen molar-refractivity contribution in [2.75, 3.05) is 32.7 Å². The maximum atomic E-state index is 12.1. The fourth-order valence-electron chi connectivity index (χ4n) is 3.55. The van der Waals surface area contributed by atoms with Crippen LogP contribution in [0.4, 0.5) is 0 Å². The second-order valence-corrected chi connectivity index (χ2v) is 6.76. The maximum Gasteiger partial charge on any atom is 0.317 e. The van der Waals surface area contributed by atoms with Crippen molar-refractivity contribution in [3.05, 3.63) is 0 Å². The average molecular weight is 387 g/mol. The number of carboxylic acids is 3. The summed E-state index contributed by atoms with van der Waals surface area (Å²) in [4.78, 5) is 48.7. The Morgan fingerprint density at radius 2 is 1.22 bits per heavy atom. The molecule has 4 N–H and O–H groups in total. The lowest BCUT2D eigenvalue weighted by atomic mass is 9.87. The summed E-state index contributed by atoms with van der Waals surface area (Å²) in [5, 5.41) is 30.2. The molecule has 154 valence electrons. The molecule has 0 radical (unpaired) electrons. The van der Waals surface area contributed by atoms with Crippen LogP contribution in [-0.2, 0) is 19.2 Å². The van der Waals surface area contributed by atoms with E-state index in [1.165, 1.54) is 9.80 Å². The van der Waals surface area contributed by atoms with Crippen LogP contribution in [0.5, 0.6) is 0 Å². The molecule has 1 fully saturated rings. The minimum Gasteiger partial charge on any atom is -0.480 e. The molecule has 0 aromatic heterocycles. The third-order valence-corrected chi connectivity index (χ3v) is 4.57. The van der Waals surface area contributed by atoms with E-state index in [0.717, 1.165) is 19.3 Å². The zero-order valence-corrected chi connectivity index (χ0v) is 15.6. The van der Waals surface area contributed by atoms with E-state index in [4.69, 9.17) is 10.2 Å². The number of nitrogens with zero attached hydrogens (tertiary/aromatic N) is 2. The Hall–Kier alpha value is -2.20. The lowest BCUT2D eigenvalue weighted by Crippen LogP contribution is -2.58. The van der Waals surface area contributed by atoms with Crippen molar-refractivity contribution < 1.29 is 34.5 Å². The van der Waals surface area contributed by atoms with E-state index in [9.17, 15) is 24.3 Å². The van der Waals surface area contributed by atoms with Crippen LogP contribution in [0.3, 0.4) is 0 Å². The second-order valence-electron chi connectivity index (χ2n) is 6.76. The number of carboxylic acid groups (broad SMARTS) is 3. The Kier molecular flexibility index (Phi) is 9.73. The normalized spacial score (nSPS) is 19.8. The summed E-state index contributed by atoms with van der Waals surface area (Å²) in [7, 11) is 0. The van der Waals surface area contributed by atoms with Crippen LogP contribution >= 0.6 is 0 Å². The molecule has 10 heteroatoms. The Balaban J connectivity index is 3.01. The van der Waals surface area contributed by atoms with Crippen LogP contribution in [0.1, 0.15) is 39.0 Å². The van der Waals surface area contributed by atoms with Gasteiger partial charge in [-0.05, 0) is 19.3 Å². The largest absolute Gasteiger partial charge is 0.480 e. The lowest BCUT2D eigenvalue weighted by molar-refractivity contribution is -0.147. The van der Waals surface area contributed by atoms with Gasteiger partial charge in [-0.25, -0.2) is 0 Å². The monoisotopic (exact) mass is 387 g/mol. The predicted octanol–water partition coefficient (Wildman–Crippen LogP) is -0.318. The van der Waals surface area contributed by atoms with Crippen LogP contribution in [-0.4, -0.2) is 93.7 Å². The highest BCUT2D eigenvalue weighted by molar-refractivity contribution is 5.79. The number of amides is 1. The average Bonchev–Trinajstić information content (AvgIpc) is 2.57. The molecule has 0 aromatic carbocycles. The molecule has 2 atom stereocenters. The van der Waals surface area contributed by atoms with Gasteiger partial charge in [0.2, 0.25) is 5.91 Å². The van der Waals surface area contributed by atoms with Gasteiger partial charge in [0, 0.05) is 18.6 Å². The van der Waals surface area contributed by atoms with Gasteiger partial charge in [-0.15, -0.1) is 0 Å². The lowest BCUT2D eigenvalue weighted by Gasteiger charge is -2.43. The summed E-state index contributed by atoms with van der Waals surface area (Å²) in [5.74, 6) is -3.69. The second kappa shape index (κ2) is 11.5. The number of aliphatic carboxylic acids is 3. The first-order valence-corrected chi connectivity index (χ1v) is 9.14. The van der Waals surface area contributed by atoms with E-state index in [1.54, 1.807) is 0 Å². The van der Waals surface area contributed by atoms with Crippen LogP contribution in [0, 0.1) is 0 Å². The Labute approximate surface area is 158 Å². The highest BCUT2D eigenvalue weighted by Gasteiger charge is 2.37. The topological polar surface area (TPSA) is 147 Å². The highest BCUT2D eigenvalue weighted by Crippen LogP contribution is 2.27. The molecule has 27 heavy (non-hydrogen) atoms. The van der Waals surface area contributed by atoms with Gasteiger partial charge in [-0.2, -0.15) is 0 Å². The Morgan fingerprint density at radius 1 is 0.815 bits per heavy atom. The Morgan fingerprint density at radius 3 is 1.59 bits per heavy atom. The smallest absolute Gasteiger partial charge is 0.317 e.